The predicted molar refractivity (Wildman–Crippen MR) is 121 cm³/mol. The zero-order valence-corrected chi connectivity index (χ0v) is 18.5. The van der Waals surface area contributed by atoms with E-state index in [1.165, 1.54) is 4.90 Å². The fraction of sp³-hybridized carbons (Fsp3) is 0.385. The summed E-state index contributed by atoms with van der Waals surface area (Å²) in [6.45, 7) is 6.13. The van der Waals surface area contributed by atoms with E-state index in [0.717, 1.165) is 17.5 Å². The van der Waals surface area contributed by atoms with Crippen molar-refractivity contribution in [1.82, 2.24) is 4.90 Å². The maximum atomic E-state index is 12.9. The number of carbonyl (C=O) groups is 2. The number of nitrogens with zero attached hydrogens (tertiary/aromatic N) is 1. The molecule has 0 aliphatic carbocycles. The third-order valence-electron chi connectivity index (χ3n) is 5.09. The van der Waals surface area contributed by atoms with Crippen LogP contribution in [0.15, 0.2) is 66.7 Å². The number of rotatable bonds is 6. The molecule has 0 saturated carbocycles. The van der Waals surface area contributed by atoms with Crippen LogP contribution in [-0.2, 0) is 20.9 Å². The molecule has 0 bridgehead atoms. The van der Waals surface area contributed by atoms with Crippen LogP contribution in [0.2, 0.25) is 0 Å². The van der Waals surface area contributed by atoms with Crippen molar-refractivity contribution in [3.63, 3.8) is 0 Å². The van der Waals surface area contributed by atoms with E-state index in [2.05, 4.69) is 12.2 Å². The molecule has 2 aromatic carbocycles. The molecule has 2 aromatic rings. The fourth-order valence-corrected chi connectivity index (χ4v) is 3.63. The number of hydrogen-bond acceptors (Lipinski definition) is 4. The zero-order chi connectivity index (χ0) is 22.3. The summed E-state index contributed by atoms with van der Waals surface area (Å²) < 4.78 is 11.1. The maximum Gasteiger partial charge on any atom is 0.411 e. The lowest BCUT2D eigenvalue weighted by atomic mass is 10.0. The van der Waals surface area contributed by atoms with Crippen molar-refractivity contribution < 1.29 is 19.1 Å². The minimum atomic E-state index is -0.631. The highest BCUT2D eigenvalue weighted by atomic mass is 16.6. The summed E-state index contributed by atoms with van der Waals surface area (Å²) in [6.07, 6.45) is 5.04. The van der Waals surface area contributed by atoms with Crippen LogP contribution in [0.5, 0.6) is 0 Å². The number of allylic oxidation sites excluding steroid dienone is 1. The standard InChI is InChI=1S/C26H31NO4/c1-26(2,3)31-25(29)27-18-22(16-10-15-20-11-6-4-7-12-20)17-23(27)24(28)30-19-21-13-8-5-9-14-21/h4-15,22-23H,16-19H2,1-3H3/b15-10+. The Labute approximate surface area is 184 Å². The molecule has 1 aliphatic heterocycles. The highest BCUT2D eigenvalue weighted by Gasteiger charge is 2.41. The van der Waals surface area contributed by atoms with E-state index >= 15 is 0 Å². The summed E-state index contributed by atoms with van der Waals surface area (Å²) in [5.41, 5.74) is 1.42. The van der Waals surface area contributed by atoms with E-state index in [4.69, 9.17) is 9.47 Å². The average molecular weight is 422 g/mol. The molecule has 31 heavy (non-hydrogen) atoms. The molecule has 164 valence electrons. The topological polar surface area (TPSA) is 55.8 Å². The van der Waals surface area contributed by atoms with Crippen molar-refractivity contribution in [2.75, 3.05) is 6.54 Å². The van der Waals surface area contributed by atoms with Crippen LogP contribution in [0.25, 0.3) is 6.08 Å². The Morgan fingerprint density at radius 2 is 1.68 bits per heavy atom. The Bertz CT molecular complexity index is 887. The second-order valence-electron chi connectivity index (χ2n) is 8.89. The van der Waals surface area contributed by atoms with Crippen LogP contribution in [-0.4, -0.2) is 35.2 Å². The second kappa shape index (κ2) is 10.3. The van der Waals surface area contributed by atoms with Crippen LogP contribution in [0.3, 0.4) is 0 Å². The number of amides is 1. The third-order valence-corrected chi connectivity index (χ3v) is 5.09. The number of ether oxygens (including phenoxy) is 2. The third kappa shape index (κ3) is 6.99. The molecule has 1 aliphatic rings. The van der Waals surface area contributed by atoms with E-state index in [1.807, 2.05) is 81.4 Å². The van der Waals surface area contributed by atoms with Gasteiger partial charge < -0.3 is 9.47 Å². The molecule has 1 fully saturated rings. The van der Waals surface area contributed by atoms with Gasteiger partial charge in [-0.25, -0.2) is 9.59 Å². The summed E-state index contributed by atoms with van der Waals surface area (Å²) in [6, 6.07) is 19.0. The van der Waals surface area contributed by atoms with Crippen LogP contribution in [0.1, 0.15) is 44.7 Å². The molecule has 2 unspecified atom stereocenters. The van der Waals surface area contributed by atoms with Crippen LogP contribution in [0, 0.1) is 5.92 Å². The van der Waals surface area contributed by atoms with Gasteiger partial charge in [-0.3, -0.25) is 4.90 Å². The molecule has 5 nitrogen and oxygen atoms in total. The average Bonchev–Trinajstić information content (AvgIpc) is 3.17. The van der Waals surface area contributed by atoms with E-state index in [0.29, 0.717) is 13.0 Å². The fourth-order valence-electron chi connectivity index (χ4n) is 3.63. The molecule has 0 aromatic heterocycles. The molecule has 0 spiro atoms. The van der Waals surface area contributed by atoms with Crippen molar-refractivity contribution in [2.45, 2.75) is 51.9 Å². The molecule has 3 rings (SSSR count). The Hall–Kier alpha value is -3.08. The molecule has 1 amide bonds. The SMILES string of the molecule is CC(C)(C)OC(=O)N1CC(C/C=C/c2ccccc2)CC1C(=O)OCc1ccccc1. The second-order valence-corrected chi connectivity index (χ2v) is 8.89. The minimum absolute atomic E-state index is 0.168. The number of esters is 1. The molecule has 1 saturated heterocycles. The maximum absolute atomic E-state index is 12.9. The first-order valence-corrected chi connectivity index (χ1v) is 10.7. The first kappa shape index (κ1) is 22.6. The number of likely N-dealkylation sites (tertiary alicyclic amines) is 1. The van der Waals surface area contributed by atoms with Gasteiger partial charge in [0.05, 0.1) is 0 Å². The van der Waals surface area contributed by atoms with Gasteiger partial charge in [-0.2, -0.15) is 0 Å². The zero-order valence-electron chi connectivity index (χ0n) is 18.5. The summed E-state index contributed by atoms with van der Waals surface area (Å²) >= 11 is 0. The Morgan fingerprint density at radius 3 is 2.32 bits per heavy atom. The number of carbonyl (C=O) groups excluding carboxylic acids is 2. The van der Waals surface area contributed by atoms with Gasteiger partial charge in [0.1, 0.15) is 18.2 Å². The van der Waals surface area contributed by atoms with Crippen LogP contribution in [0.4, 0.5) is 4.79 Å². The van der Waals surface area contributed by atoms with Crippen molar-refractivity contribution in [3.05, 3.63) is 77.9 Å². The summed E-state index contributed by atoms with van der Waals surface area (Å²) in [4.78, 5) is 27.1. The van der Waals surface area contributed by atoms with Gasteiger partial charge >= 0.3 is 12.1 Å². The van der Waals surface area contributed by atoms with Gasteiger partial charge in [0.15, 0.2) is 0 Å². The Balaban J connectivity index is 1.65. The highest BCUT2D eigenvalue weighted by Crippen LogP contribution is 2.29. The molecule has 1 heterocycles. The van der Waals surface area contributed by atoms with Crippen molar-refractivity contribution in [3.8, 4) is 0 Å². The predicted octanol–water partition coefficient (Wildman–Crippen LogP) is 5.46. The number of benzene rings is 2. The monoisotopic (exact) mass is 421 g/mol. The van der Waals surface area contributed by atoms with Crippen molar-refractivity contribution in [2.24, 2.45) is 5.92 Å². The van der Waals surface area contributed by atoms with Crippen LogP contribution >= 0.6 is 0 Å². The van der Waals surface area contributed by atoms with E-state index in [1.54, 1.807) is 0 Å². The van der Waals surface area contributed by atoms with Gasteiger partial charge in [-0.15, -0.1) is 0 Å². The van der Waals surface area contributed by atoms with E-state index in [-0.39, 0.29) is 18.5 Å². The van der Waals surface area contributed by atoms with Crippen molar-refractivity contribution >= 4 is 18.1 Å². The minimum Gasteiger partial charge on any atom is -0.459 e. The van der Waals surface area contributed by atoms with Crippen molar-refractivity contribution in [1.29, 1.82) is 0 Å². The normalized spacial score (nSPS) is 18.9. The molecule has 5 heteroatoms. The molecule has 0 radical (unpaired) electrons. The lowest BCUT2D eigenvalue weighted by molar-refractivity contribution is -0.150. The summed E-state index contributed by atoms with van der Waals surface area (Å²) in [5, 5.41) is 0. The van der Waals surface area contributed by atoms with Gasteiger partial charge in [0.2, 0.25) is 0 Å². The van der Waals surface area contributed by atoms with Gasteiger partial charge in [0.25, 0.3) is 0 Å². The summed E-state index contributed by atoms with van der Waals surface area (Å²) in [7, 11) is 0. The first-order valence-electron chi connectivity index (χ1n) is 10.7. The van der Waals surface area contributed by atoms with E-state index < -0.39 is 17.7 Å². The Morgan fingerprint density at radius 1 is 1.03 bits per heavy atom. The number of hydrogen-bond donors (Lipinski definition) is 0. The Kier molecular flexibility index (Phi) is 7.50. The van der Waals surface area contributed by atoms with Gasteiger partial charge in [0, 0.05) is 6.54 Å². The molecular weight excluding hydrogens is 390 g/mol. The smallest absolute Gasteiger partial charge is 0.411 e. The van der Waals surface area contributed by atoms with E-state index in [9.17, 15) is 9.59 Å². The molecule has 2 atom stereocenters. The van der Waals surface area contributed by atoms with Gasteiger partial charge in [-0.1, -0.05) is 72.8 Å². The lowest BCUT2D eigenvalue weighted by Crippen LogP contribution is -2.44. The quantitative estimate of drug-likeness (QED) is 0.581. The summed E-state index contributed by atoms with van der Waals surface area (Å²) in [5.74, 6) is -0.217. The molecule has 0 N–H and O–H groups in total. The van der Waals surface area contributed by atoms with Gasteiger partial charge in [-0.05, 0) is 50.7 Å². The largest absolute Gasteiger partial charge is 0.459 e. The lowest BCUT2D eigenvalue weighted by Gasteiger charge is -2.27. The highest BCUT2D eigenvalue weighted by molar-refractivity contribution is 5.82. The molecular formula is C26H31NO4. The first-order chi connectivity index (χ1) is 14.8. The van der Waals surface area contributed by atoms with Crippen LogP contribution < -0.4 is 0 Å².